The Morgan fingerprint density at radius 3 is 2.47 bits per heavy atom. The Bertz CT molecular complexity index is 325. The molecule has 0 saturated carbocycles. The van der Waals surface area contributed by atoms with E-state index in [1.54, 1.807) is 0 Å². The van der Waals surface area contributed by atoms with E-state index >= 15 is 0 Å². The molecule has 1 N–H and O–H groups in total. The van der Waals surface area contributed by atoms with Crippen molar-refractivity contribution < 1.29 is 0 Å². The second-order valence-electron chi connectivity index (χ2n) is 6.04. The topological polar surface area (TPSA) is 12.0 Å². The molecule has 2 heteroatoms. The molecule has 0 atom stereocenters. The minimum absolute atomic E-state index is 0.444. The van der Waals surface area contributed by atoms with Gasteiger partial charge in [0.05, 0.1) is 0 Å². The van der Waals surface area contributed by atoms with Gasteiger partial charge in [-0.15, -0.1) is 11.3 Å². The van der Waals surface area contributed by atoms with E-state index in [1.807, 2.05) is 11.3 Å². The maximum Gasteiger partial charge on any atom is 0.00482 e. The molecular formula is C15H27NS. The maximum absolute atomic E-state index is 3.51. The Kier molecular flexibility index (Phi) is 5.68. The van der Waals surface area contributed by atoms with Gasteiger partial charge in [0.25, 0.3) is 0 Å². The predicted octanol–water partition coefficient (Wildman–Crippen LogP) is 4.40. The van der Waals surface area contributed by atoms with Crippen molar-refractivity contribution in [3.63, 3.8) is 0 Å². The normalized spacial score (nSPS) is 12.4. The van der Waals surface area contributed by atoms with Crippen LogP contribution in [0.25, 0.3) is 0 Å². The van der Waals surface area contributed by atoms with Crippen LogP contribution in [-0.4, -0.2) is 12.6 Å². The number of thiophene rings is 1. The quantitative estimate of drug-likeness (QED) is 0.759. The van der Waals surface area contributed by atoms with Crippen molar-refractivity contribution in [2.75, 3.05) is 6.54 Å². The zero-order valence-corrected chi connectivity index (χ0v) is 12.8. The lowest BCUT2D eigenvalue weighted by atomic mass is 9.84. The van der Waals surface area contributed by atoms with E-state index in [2.05, 4.69) is 52.1 Å². The minimum atomic E-state index is 0.444. The number of hydrogen-bond acceptors (Lipinski definition) is 2. The van der Waals surface area contributed by atoms with Crippen LogP contribution in [0.1, 0.15) is 50.3 Å². The third-order valence-electron chi connectivity index (χ3n) is 3.20. The number of hydrogen-bond donors (Lipinski definition) is 1. The molecule has 1 heterocycles. The standard InChI is InChI=1S/C15H27NS/c1-12(2)16-11-10-15(4,5)9-8-14-7-6-13(3)17-14/h6-7,12,16H,8-11H2,1-5H3. The zero-order valence-electron chi connectivity index (χ0n) is 12.0. The summed E-state index contributed by atoms with van der Waals surface area (Å²) in [6, 6.07) is 5.11. The molecule has 0 unspecified atom stereocenters. The van der Waals surface area contributed by atoms with Crippen LogP contribution in [0.2, 0.25) is 0 Å². The first-order chi connectivity index (χ1) is 7.89. The molecule has 17 heavy (non-hydrogen) atoms. The number of nitrogens with one attached hydrogen (secondary N) is 1. The maximum atomic E-state index is 3.51. The van der Waals surface area contributed by atoms with Crippen molar-refractivity contribution >= 4 is 11.3 Å². The minimum Gasteiger partial charge on any atom is -0.315 e. The average Bonchev–Trinajstić information content (AvgIpc) is 2.61. The van der Waals surface area contributed by atoms with Crippen LogP contribution in [0.4, 0.5) is 0 Å². The zero-order chi connectivity index (χ0) is 12.9. The van der Waals surface area contributed by atoms with Crippen molar-refractivity contribution in [1.82, 2.24) is 5.32 Å². The summed E-state index contributed by atoms with van der Waals surface area (Å²) in [6.45, 7) is 12.5. The summed E-state index contributed by atoms with van der Waals surface area (Å²) >= 11 is 1.94. The molecule has 0 aliphatic heterocycles. The van der Waals surface area contributed by atoms with E-state index in [-0.39, 0.29) is 0 Å². The summed E-state index contributed by atoms with van der Waals surface area (Å²) in [4.78, 5) is 2.96. The molecule has 1 rings (SSSR count). The van der Waals surface area contributed by atoms with E-state index < -0.39 is 0 Å². The van der Waals surface area contributed by atoms with E-state index in [4.69, 9.17) is 0 Å². The molecule has 0 aromatic carbocycles. The fourth-order valence-electron chi connectivity index (χ4n) is 1.91. The molecule has 0 amide bonds. The number of aryl methyl sites for hydroxylation is 2. The van der Waals surface area contributed by atoms with Crippen molar-refractivity contribution in [3.8, 4) is 0 Å². The van der Waals surface area contributed by atoms with Crippen LogP contribution >= 0.6 is 11.3 Å². The van der Waals surface area contributed by atoms with Crippen LogP contribution in [0, 0.1) is 12.3 Å². The first-order valence-corrected chi connectivity index (χ1v) is 7.49. The van der Waals surface area contributed by atoms with Gasteiger partial charge in [-0.1, -0.05) is 27.7 Å². The molecule has 0 fully saturated rings. The first-order valence-electron chi connectivity index (χ1n) is 6.68. The molecule has 0 spiro atoms. The second kappa shape index (κ2) is 6.55. The summed E-state index contributed by atoms with van der Waals surface area (Å²) in [6.07, 6.45) is 3.77. The molecule has 1 aromatic rings. The van der Waals surface area contributed by atoms with Gasteiger partial charge in [0.1, 0.15) is 0 Å². The smallest absolute Gasteiger partial charge is 0.00482 e. The van der Waals surface area contributed by atoms with Gasteiger partial charge in [0, 0.05) is 15.8 Å². The molecule has 0 saturated heterocycles. The largest absolute Gasteiger partial charge is 0.315 e. The Hall–Kier alpha value is -0.340. The van der Waals surface area contributed by atoms with Crippen LogP contribution in [0.5, 0.6) is 0 Å². The van der Waals surface area contributed by atoms with Gasteiger partial charge in [-0.3, -0.25) is 0 Å². The Morgan fingerprint density at radius 2 is 1.94 bits per heavy atom. The highest BCUT2D eigenvalue weighted by Crippen LogP contribution is 2.28. The molecule has 0 radical (unpaired) electrons. The van der Waals surface area contributed by atoms with E-state index in [9.17, 15) is 0 Å². The Balaban J connectivity index is 2.28. The fraction of sp³-hybridized carbons (Fsp3) is 0.733. The van der Waals surface area contributed by atoms with Gasteiger partial charge < -0.3 is 5.32 Å². The summed E-state index contributed by atoms with van der Waals surface area (Å²) in [7, 11) is 0. The van der Waals surface area contributed by atoms with Gasteiger partial charge >= 0.3 is 0 Å². The summed E-state index contributed by atoms with van der Waals surface area (Å²) in [5.41, 5.74) is 0.444. The third kappa shape index (κ3) is 6.23. The van der Waals surface area contributed by atoms with Gasteiger partial charge in [0.15, 0.2) is 0 Å². The lowest BCUT2D eigenvalue weighted by molar-refractivity contribution is 0.299. The van der Waals surface area contributed by atoms with Crippen molar-refractivity contribution in [1.29, 1.82) is 0 Å². The highest BCUT2D eigenvalue weighted by Gasteiger charge is 2.17. The molecule has 0 aliphatic rings. The first kappa shape index (κ1) is 14.7. The van der Waals surface area contributed by atoms with Crippen molar-refractivity contribution in [3.05, 3.63) is 21.9 Å². The molecular weight excluding hydrogens is 226 g/mol. The molecule has 1 nitrogen and oxygen atoms in total. The monoisotopic (exact) mass is 253 g/mol. The Labute approximate surface area is 111 Å². The van der Waals surface area contributed by atoms with Crippen molar-refractivity contribution in [2.24, 2.45) is 5.41 Å². The van der Waals surface area contributed by atoms with E-state index in [0.717, 1.165) is 6.54 Å². The lowest BCUT2D eigenvalue weighted by Crippen LogP contribution is -2.27. The average molecular weight is 253 g/mol. The fourth-order valence-corrected chi connectivity index (χ4v) is 2.80. The van der Waals surface area contributed by atoms with Crippen LogP contribution in [0.3, 0.4) is 0 Å². The molecule has 98 valence electrons. The SMILES string of the molecule is Cc1ccc(CCC(C)(C)CCNC(C)C)s1. The summed E-state index contributed by atoms with van der Waals surface area (Å²) in [5.74, 6) is 0. The molecule has 0 aliphatic carbocycles. The van der Waals surface area contributed by atoms with E-state index in [0.29, 0.717) is 11.5 Å². The summed E-state index contributed by atoms with van der Waals surface area (Å²) in [5, 5.41) is 3.51. The number of rotatable bonds is 7. The van der Waals surface area contributed by atoms with Gasteiger partial charge in [-0.25, -0.2) is 0 Å². The van der Waals surface area contributed by atoms with Crippen molar-refractivity contribution in [2.45, 2.75) is 59.9 Å². The highest BCUT2D eigenvalue weighted by atomic mass is 32.1. The van der Waals surface area contributed by atoms with Crippen LogP contribution < -0.4 is 5.32 Å². The Morgan fingerprint density at radius 1 is 1.24 bits per heavy atom. The summed E-state index contributed by atoms with van der Waals surface area (Å²) < 4.78 is 0. The van der Waals surface area contributed by atoms with Gasteiger partial charge in [-0.05, 0) is 50.3 Å². The second-order valence-corrected chi connectivity index (χ2v) is 7.41. The van der Waals surface area contributed by atoms with Gasteiger partial charge in [-0.2, -0.15) is 0 Å². The van der Waals surface area contributed by atoms with Crippen LogP contribution in [-0.2, 0) is 6.42 Å². The van der Waals surface area contributed by atoms with Gasteiger partial charge in [0.2, 0.25) is 0 Å². The predicted molar refractivity (Wildman–Crippen MR) is 78.9 cm³/mol. The molecule has 0 bridgehead atoms. The lowest BCUT2D eigenvalue weighted by Gasteiger charge is -2.25. The molecule has 1 aromatic heterocycles. The van der Waals surface area contributed by atoms with E-state index in [1.165, 1.54) is 29.0 Å². The highest BCUT2D eigenvalue weighted by molar-refractivity contribution is 7.11. The third-order valence-corrected chi connectivity index (χ3v) is 4.26. The van der Waals surface area contributed by atoms with Crippen LogP contribution in [0.15, 0.2) is 12.1 Å².